The molecule has 0 aromatic rings. The zero-order chi connectivity index (χ0) is 10.6. The molecule has 1 aliphatic rings. The number of ether oxygens (including phenoxy) is 1. The SMILES string of the molecule is CCCC1=C(CCC)C(CC)OC1=O. The highest BCUT2D eigenvalue weighted by Gasteiger charge is 2.30. The lowest BCUT2D eigenvalue weighted by molar-refractivity contribution is -0.140. The number of esters is 1. The van der Waals surface area contributed by atoms with E-state index >= 15 is 0 Å². The van der Waals surface area contributed by atoms with Crippen LogP contribution in [-0.4, -0.2) is 12.1 Å². The molecule has 0 spiro atoms. The van der Waals surface area contributed by atoms with Crippen LogP contribution in [0.4, 0.5) is 0 Å². The number of hydrogen-bond acceptors (Lipinski definition) is 2. The predicted octanol–water partition coefficient (Wildman–Crippen LogP) is 3.22. The monoisotopic (exact) mass is 196 g/mol. The van der Waals surface area contributed by atoms with Crippen LogP contribution in [0.5, 0.6) is 0 Å². The normalized spacial score (nSPS) is 21.6. The van der Waals surface area contributed by atoms with E-state index in [1.807, 2.05) is 0 Å². The van der Waals surface area contributed by atoms with E-state index < -0.39 is 0 Å². The van der Waals surface area contributed by atoms with Gasteiger partial charge in [0.05, 0.1) is 0 Å². The van der Waals surface area contributed by atoms with E-state index in [0.717, 1.165) is 37.7 Å². The first kappa shape index (κ1) is 11.3. The summed E-state index contributed by atoms with van der Waals surface area (Å²) in [6, 6.07) is 0. The molecule has 2 nitrogen and oxygen atoms in total. The van der Waals surface area contributed by atoms with Crippen LogP contribution in [0.1, 0.15) is 52.9 Å². The molecule has 1 rings (SSSR count). The van der Waals surface area contributed by atoms with Crippen molar-refractivity contribution in [2.24, 2.45) is 0 Å². The second-order valence-corrected chi connectivity index (χ2v) is 3.81. The van der Waals surface area contributed by atoms with Crippen molar-refractivity contribution in [3.63, 3.8) is 0 Å². The van der Waals surface area contributed by atoms with Gasteiger partial charge in [-0.05, 0) is 24.8 Å². The van der Waals surface area contributed by atoms with Crippen LogP contribution in [-0.2, 0) is 9.53 Å². The van der Waals surface area contributed by atoms with Crippen molar-refractivity contribution >= 4 is 5.97 Å². The minimum atomic E-state index is -0.0675. The Kier molecular flexibility index (Phi) is 4.18. The van der Waals surface area contributed by atoms with E-state index in [9.17, 15) is 4.79 Å². The summed E-state index contributed by atoms with van der Waals surface area (Å²) >= 11 is 0. The predicted molar refractivity (Wildman–Crippen MR) is 57.0 cm³/mol. The van der Waals surface area contributed by atoms with Gasteiger partial charge in [0.1, 0.15) is 6.10 Å². The zero-order valence-electron chi connectivity index (χ0n) is 9.43. The van der Waals surface area contributed by atoms with Gasteiger partial charge in [-0.2, -0.15) is 0 Å². The summed E-state index contributed by atoms with van der Waals surface area (Å²) in [4.78, 5) is 11.5. The van der Waals surface area contributed by atoms with Gasteiger partial charge in [-0.25, -0.2) is 4.79 Å². The molecule has 1 atom stereocenters. The van der Waals surface area contributed by atoms with Crippen LogP contribution in [0, 0.1) is 0 Å². The van der Waals surface area contributed by atoms with Gasteiger partial charge in [-0.3, -0.25) is 0 Å². The van der Waals surface area contributed by atoms with E-state index in [2.05, 4.69) is 20.8 Å². The van der Waals surface area contributed by atoms with E-state index in [1.165, 1.54) is 5.57 Å². The minimum Gasteiger partial charge on any atom is -0.454 e. The van der Waals surface area contributed by atoms with Crippen molar-refractivity contribution in [2.45, 2.75) is 59.0 Å². The second-order valence-electron chi connectivity index (χ2n) is 3.81. The molecule has 0 aromatic heterocycles. The summed E-state index contributed by atoms with van der Waals surface area (Å²) in [5.41, 5.74) is 2.23. The van der Waals surface area contributed by atoms with Gasteiger partial charge in [0.15, 0.2) is 0 Å². The van der Waals surface area contributed by atoms with Gasteiger partial charge in [0, 0.05) is 5.57 Å². The maximum atomic E-state index is 11.5. The van der Waals surface area contributed by atoms with Gasteiger partial charge >= 0.3 is 5.97 Å². The fourth-order valence-electron chi connectivity index (χ4n) is 2.02. The molecular formula is C12H20O2. The van der Waals surface area contributed by atoms with E-state index in [1.54, 1.807) is 0 Å². The second kappa shape index (κ2) is 5.18. The lowest BCUT2D eigenvalue weighted by atomic mass is 9.97. The van der Waals surface area contributed by atoms with Crippen molar-refractivity contribution in [3.8, 4) is 0 Å². The molecule has 1 aliphatic heterocycles. The molecule has 0 bridgehead atoms. The third kappa shape index (κ3) is 2.17. The lowest BCUT2D eigenvalue weighted by Crippen LogP contribution is -2.09. The average Bonchev–Trinajstić information content (AvgIpc) is 2.47. The fraction of sp³-hybridized carbons (Fsp3) is 0.750. The highest BCUT2D eigenvalue weighted by Crippen LogP contribution is 2.30. The highest BCUT2D eigenvalue weighted by atomic mass is 16.5. The molecule has 0 N–H and O–H groups in total. The van der Waals surface area contributed by atoms with Crippen molar-refractivity contribution in [2.75, 3.05) is 0 Å². The smallest absolute Gasteiger partial charge is 0.334 e. The topological polar surface area (TPSA) is 26.3 Å². The first-order valence-electron chi connectivity index (χ1n) is 5.67. The standard InChI is InChI=1S/C12H20O2/c1-4-7-9-10(8-5-2)12(13)14-11(9)6-3/h11H,4-8H2,1-3H3. The first-order chi connectivity index (χ1) is 6.74. The lowest BCUT2D eigenvalue weighted by Gasteiger charge is -2.10. The maximum Gasteiger partial charge on any atom is 0.334 e. The summed E-state index contributed by atoms with van der Waals surface area (Å²) < 4.78 is 5.33. The summed E-state index contributed by atoms with van der Waals surface area (Å²) in [6.07, 6.45) is 4.99. The van der Waals surface area contributed by atoms with Crippen molar-refractivity contribution in [1.29, 1.82) is 0 Å². The molecule has 0 saturated heterocycles. The Hall–Kier alpha value is -0.790. The highest BCUT2D eigenvalue weighted by molar-refractivity contribution is 5.92. The largest absolute Gasteiger partial charge is 0.454 e. The van der Waals surface area contributed by atoms with Crippen LogP contribution in [0.2, 0.25) is 0 Å². The van der Waals surface area contributed by atoms with E-state index in [0.29, 0.717) is 0 Å². The molecule has 0 aromatic carbocycles. The summed E-state index contributed by atoms with van der Waals surface area (Å²) in [7, 11) is 0. The average molecular weight is 196 g/mol. The summed E-state index contributed by atoms with van der Waals surface area (Å²) in [5.74, 6) is -0.0675. The van der Waals surface area contributed by atoms with Gasteiger partial charge in [0.2, 0.25) is 0 Å². The number of hydrogen-bond donors (Lipinski definition) is 0. The van der Waals surface area contributed by atoms with Gasteiger partial charge in [-0.1, -0.05) is 33.6 Å². The molecule has 0 fully saturated rings. The summed E-state index contributed by atoms with van der Waals surface area (Å²) in [5, 5.41) is 0. The Bertz CT molecular complexity index is 241. The molecule has 80 valence electrons. The summed E-state index contributed by atoms with van der Waals surface area (Å²) in [6.45, 7) is 6.32. The van der Waals surface area contributed by atoms with Gasteiger partial charge in [-0.15, -0.1) is 0 Å². The molecule has 1 unspecified atom stereocenters. The molecule has 14 heavy (non-hydrogen) atoms. The van der Waals surface area contributed by atoms with Crippen molar-refractivity contribution in [3.05, 3.63) is 11.1 Å². The number of carbonyl (C=O) groups is 1. The molecular weight excluding hydrogens is 176 g/mol. The molecule has 0 aliphatic carbocycles. The first-order valence-corrected chi connectivity index (χ1v) is 5.67. The van der Waals surface area contributed by atoms with Crippen molar-refractivity contribution < 1.29 is 9.53 Å². The third-order valence-corrected chi connectivity index (χ3v) is 2.66. The number of cyclic esters (lactones) is 1. The fourth-order valence-corrected chi connectivity index (χ4v) is 2.02. The van der Waals surface area contributed by atoms with E-state index in [4.69, 9.17) is 4.74 Å². The molecule has 2 heteroatoms. The van der Waals surface area contributed by atoms with Crippen LogP contribution in [0.25, 0.3) is 0 Å². The molecule has 0 radical (unpaired) electrons. The zero-order valence-corrected chi connectivity index (χ0v) is 9.43. The number of carbonyl (C=O) groups excluding carboxylic acids is 1. The molecule has 0 saturated carbocycles. The molecule has 1 heterocycles. The van der Waals surface area contributed by atoms with Crippen molar-refractivity contribution in [1.82, 2.24) is 0 Å². The van der Waals surface area contributed by atoms with Crippen LogP contribution >= 0.6 is 0 Å². The van der Waals surface area contributed by atoms with E-state index in [-0.39, 0.29) is 12.1 Å². The Morgan fingerprint density at radius 2 is 1.79 bits per heavy atom. The van der Waals surface area contributed by atoms with Gasteiger partial charge in [0.25, 0.3) is 0 Å². The maximum absolute atomic E-state index is 11.5. The number of rotatable bonds is 5. The minimum absolute atomic E-state index is 0.0675. The van der Waals surface area contributed by atoms with Crippen LogP contribution in [0.3, 0.4) is 0 Å². The third-order valence-electron chi connectivity index (χ3n) is 2.66. The Labute approximate surface area is 86.3 Å². The van der Waals surface area contributed by atoms with Crippen LogP contribution in [0.15, 0.2) is 11.1 Å². The quantitative estimate of drug-likeness (QED) is 0.631. The Balaban J connectivity index is 2.85. The Morgan fingerprint density at radius 3 is 2.29 bits per heavy atom. The molecule has 0 amide bonds. The van der Waals surface area contributed by atoms with Crippen LogP contribution < -0.4 is 0 Å². The van der Waals surface area contributed by atoms with Gasteiger partial charge < -0.3 is 4.74 Å². The Morgan fingerprint density at radius 1 is 1.14 bits per heavy atom.